The summed E-state index contributed by atoms with van der Waals surface area (Å²) in [4.78, 5) is 25.0. The molecular formula is C23H15ClO4. The first-order chi connectivity index (χ1) is 13.5. The van der Waals surface area contributed by atoms with E-state index >= 15 is 0 Å². The van der Waals surface area contributed by atoms with E-state index in [2.05, 4.69) is 0 Å². The molecule has 28 heavy (non-hydrogen) atoms. The van der Waals surface area contributed by atoms with Crippen molar-refractivity contribution in [2.45, 2.75) is 6.92 Å². The fraction of sp³-hybridized carbons (Fsp3) is 0.0435. The Labute approximate surface area is 167 Å². The lowest BCUT2D eigenvalue weighted by Gasteiger charge is -2.08. The first-order valence-electron chi connectivity index (χ1n) is 8.63. The van der Waals surface area contributed by atoms with Gasteiger partial charge >= 0.3 is 5.97 Å². The second-order valence-electron chi connectivity index (χ2n) is 6.37. The topological polar surface area (TPSA) is 52.6 Å². The molecule has 1 heterocycles. The summed E-state index contributed by atoms with van der Waals surface area (Å²) in [5, 5.41) is 0.462. The number of fused-ring (bicyclic) bond motifs is 1. The van der Waals surface area contributed by atoms with Crippen molar-refractivity contribution in [1.82, 2.24) is 0 Å². The van der Waals surface area contributed by atoms with Gasteiger partial charge in [-0.15, -0.1) is 0 Å². The molecular weight excluding hydrogens is 376 g/mol. The summed E-state index contributed by atoms with van der Waals surface area (Å²) in [6.45, 7) is 1.94. The zero-order valence-electron chi connectivity index (χ0n) is 14.9. The number of aryl methyl sites for hydroxylation is 1. The highest BCUT2D eigenvalue weighted by Crippen LogP contribution is 2.34. The van der Waals surface area contributed by atoms with E-state index in [-0.39, 0.29) is 11.5 Å². The molecule has 0 spiro atoms. The highest BCUT2D eigenvalue weighted by atomic mass is 35.5. The second kappa shape index (κ2) is 7.33. The van der Waals surface area contributed by atoms with Crippen LogP contribution in [0.5, 0.6) is 11.5 Å². The van der Waals surface area contributed by atoms with Gasteiger partial charge < -0.3 is 9.47 Å². The van der Waals surface area contributed by atoms with Crippen molar-refractivity contribution in [3.05, 3.63) is 99.8 Å². The van der Waals surface area contributed by atoms with Gasteiger partial charge in [0.05, 0.1) is 11.1 Å². The minimum absolute atomic E-state index is 0.149. The van der Waals surface area contributed by atoms with E-state index in [0.717, 1.165) is 5.56 Å². The Balaban J connectivity index is 1.62. The molecule has 0 aromatic heterocycles. The molecule has 4 nitrogen and oxygen atoms in total. The van der Waals surface area contributed by atoms with Crippen molar-refractivity contribution in [3.63, 3.8) is 0 Å². The molecule has 1 aliphatic heterocycles. The molecule has 0 aliphatic carbocycles. The maximum atomic E-state index is 12.6. The molecule has 0 saturated carbocycles. The molecule has 0 unspecified atom stereocenters. The van der Waals surface area contributed by atoms with E-state index in [4.69, 9.17) is 21.1 Å². The standard InChI is InChI=1S/C23H15ClO4/c1-14-6-8-15(9-7-14)23(26)28-19-5-3-2-4-16(19)12-21-22(25)18-13-17(24)10-11-20(18)27-21/h2-13H,1H3/b21-12+. The number of ether oxygens (including phenoxy) is 2. The van der Waals surface area contributed by atoms with Gasteiger partial charge in [-0.3, -0.25) is 4.79 Å². The van der Waals surface area contributed by atoms with E-state index < -0.39 is 5.97 Å². The molecule has 0 saturated heterocycles. The van der Waals surface area contributed by atoms with Gasteiger partial charge in [0, 0.05) is 10.6 Å². The fourth-order valence-corrected chi connectivity index (χ4v) is 3.02. The molecule has 0 radical (unpaired) electrons. The van der Waals surface area contributed by atoms with Crippen molar-refractivity contribution < 1.29 is 19.1 Å². The number of hydrogen-bond acceptors (Lipinski definition) is 4. The number of Topliss-reactive ketones (excluding diaryl/α,β-unsaturated/α-hetero) is 1. The number of para-hydroxylation sites is 1. The van der Waals surface area contributed by atoms with Gasteiger partial charge in [0.2, 0.25) is 5.78 Å². The number of benzene rings is 3. The Hall–Kier alpha value is -3.37. The molecule has 5 heteroatoms. The SMILES string of the molecule is Cc1ccc(C(=O)Oc2ccccc2/C=C2/Oc3ccc(Cl)cc3C2=O)cc1. The summed E-state index contributed by atoms with van der Waals surface area (Å²) >= 11 is 5.96. The lowest BCUT2D eigenvalue weighted by atomic mass is 10.1. The number of ketones is 1. The van der Waals surface area contributed by atoms with Gasteiger partial charge in [0.25, 0.3) is 0 Å². The maximum absolute atomic E-state index is 12.6. The van der Waals surface area contributed by atoms with Crippen molar-refractivity contribution in [2.75, 3.05) is 0 Å². The Bertz CT molecular complexity index is 1110. The number of rotatable bonds is 3. The molecule has 0 atom stereocenters. The Morgan fingerprint density at radius 2 is 1.79 bits per heavy atom. The quantitative estimate of drug-likeness (QED) is 0.337. The lowest BCUT2D eigenvalue weighted by molar-refractivity contribution is 0.0734. The maximum Gasteiger partial charge on any atom is 0.343 e. The van der Waals surface area contributed by atoms with Gasteiger partial charge in [-0.05, 0) is 49.4 Å². The van der Waals surface area contributed by atoms with Gasteiger partial charge in [0.1, 0.15) is 11.5 Å². The number of hydrogen-bond donors (Lipinski definition) is 0. The van der Waals surface area contributed by atoms with Gasteiger partial charge in [-0.25, -0.2) is 4.79 Å². The van der Waals surface area contributed by atoms with Crippen LogP contribution in [0.25, 0.3) is 6.08 Å². The molecule has 3 aromatic carbocycles. The average molecular weight is 391 g/mol. The van der Waals surface area contributed by atoms with Crippen molar-refractivity contribution in [2.24, 2.45) is 0 Å². The van der Waals surface area contributed by atoms with Crippen molar-refractivity contribution >= 4 is 29.4 Å². The third-order valence-electron chi connectivity index (χ3n) is 4.33. The summed E-state index contributed by atoms with van der Waals surface area (Å²) in [5.74, 6) is 0.202. The third-order valence-corrected chi connectivity index (χ3v) is 4.56. The predicted octanol–water partition coefficient (Wildman–Crippen LogP) is 5.48. The normalized spacial score (nSPS) is 13.9. The lowest BCUT2D eigenvalue weighted by Crippen LogP contribution is -2.09. The molecule has 0 bridgehead atoms. The molecule has 1 aliphatic rings. The third kappa shape index (κ3) is 3.55. The number of allylic oxidation sites excluding steroid dienone is 1. The first kappa shape index (κ1) is 18.0. The first-order valence-corrected chi connectivity index (χ1v) is 9.01. The largest absolute Gasteiger partial charge is 0.452 e. The Kier molecular flexibility index (Phi) is 4.72. The number of halogens is 1. The fourth-order valence-electron chi connectivity index (χ4n) is 2.84. The van der Waals surface area contributed by atoms with Crippen LogP contribution in [0.2, 0.25) is 5.02 Å². The summed E-state index contributed by atoms with van der Waals surface area (Å²) in [6, 6.07) is 19.0. The minimum Gasteiger partial charge on any atom is -0.452 e. The van der Waals surface area contributed by atoms with Crippen LogP contribution in [-0.2, 0) is 0 Å². The van der Waals surface area contributed by atoms with Crippen LogP contribution in [0.3, 0.4) is 0 Å². The molecule has 0 fully saturated rings. The van der Waals surface area contributed by atoms with E-state index in [9.17, 15) is 9.59 Å². The van der Waals surface area contributed by atoms with Gasteiger partial charge in [0.15, 0.2) is 5.76 Å². The van der Waals surface area contributed by atoms with E-state index in [1.807, 2.05) is 19.1 Å². The van der Waals surface area contributed by atoms with Crippen LogP contribution in [-0.4, -0.2) is 11.8 Å². The second-order valence-corrected chi connectivity index (χ2v) is 6.81. The average Bonchev–Trinajstić information content (AvgIpc) is 2.99. The van der Waals surface area contributed by atoms with Crippen LogP contribution in [0, 0.1) is 6.92 Å². The number of esters is 1. The highest BCUT2D eigenvalue weighted by molar-refractivity contribution is 6.31. The van der Waals surface area contributed by atoms with Crippen LogP contribution < -0.4 is 9.47 Å². The van der Waals surface area contributed by atoms with Crippen LogP contribution in [0.1, 0.15) is 31.8 Å². The van der Waals surface area contributed by atoms with Crippen molar-refractivity contribution in [1.29, 1.82) is 0 Å². The smallest absolute Gasteiger partial charge is 0.343 e. The number of carbonyl (C=O) groups is 2. The molecule has 0 N–H and O–H groups in total. The monoisotopic (exact) mass is 390 g/mol. The summed E-state index contributed by atoms with van der Waals surface area (Å²) in [5.41, 5.74) is 2.47. The predicted molar refractivity (Wildman–Crippen MR) is 107 cm³/mol. The van der Waals surface area contributed by atoms with Crippen LogP contribution >= 0.6 is 11.6 Å². The van der Waals surface area contributed by atoms with Crippen LogP contribution in [0.4, 0.5) is 0 Å². The minimum atomic E-state index is -0.473. The number of carbonyl (C=O) groups excluding carboxylic acids is 2. The Morgan fingerprint density at radius 3 is 2.57 bits per heavy atom. The van der Waals surface area contributed by atoms with E-state index in [0.29, 0.717) is 33.2 Å². The summed E-state index contributed by atoms with van der Waals surface area (Å²) < 4.78 is 11.2. The molecule has 3 aromatic rings. The zero-order valence-corrected chi connectivity index (χ0v) is 15.7. The summed E-state index contributed by atoms with van der Waals surface area (Å²) in [6.07, 6.45) is 1.56. The molecule has 4 rings (SSSR count). The van der Waals surface area contributed by atoms with Gasteiger partial charge in [-0.1, -0.05) is 47.5 Å². The van der Waals surface area contributed by atoms with Gasteiger partial charge in [-0.2, -0.15) is 0 Å². The van der Waals surface area contributed by atoms with E-state index in [1.165, 1.54) is 0 Å². The summed E-state index contributed by atoms with van der Waals surface area (Å²) in [7, 11) is 0. The van der Waals surface area contributed by atoms with Crippen molar-refractivity contribution in [3.8, 4) is 11.5 Å². The Morgan fingerprint density at radius 1 is 1.04 bits per heavy atom. The van der Waals surface area contributed by atoms with Crippen LogP contribution in [0.15, 0.2) is 72.5 Å². The highest BCUT2D eigenvalue weighted by Gasteiger charge is 2.27. The molecule has 0 amide bonds. The zero-order chi connectivity index (χ0) is 19.7. The van der Waals surface area contributed by atoms with E-state index in [1.54, 1.807) is 60.7 Å². The molecule has 138 valence electrons.